The summed E-state index contributed by atoms with van der Waals surface area (Å²) in [5, 5.41) is 15.1. The summed E-state index contributed by atoms with van der Waals surface area (Å²) in [6.07, 6.45) is 0.525. The van der Waals surface area contributed by atoms with E-state index < -0.39 is 11.5 Å². The lowest BCUT2D eigenvalue weighted by atomic mass is 9.70. The van der Waals surface area contributed by atoms with Crippen LogP contribution in [0.3, 0.4) is 0 Å². The Morgan fingerprint density at radius 2 is 1.45 bits per heavy atom. The van der Waals surface area contributed by atoms with Gasteiger partial charge in [-0.25, -0.2) is 4.98 Å². The van der Waals surface area contributed by atoms with E-state index in [-0.39, 0.29) is 0 Å². The number of hydrogen-bond donors (Lipinski definition) is 1. The summed E-state index contributed by atoms with van der Waals surface area (Å²) in [7, 11) is 5.73. The van der Waals surface area contributed by atoms with E-state index in [1.54, 1.807) is 7.11 Å². The number of aromatic nitrogens is 1. The monoisotopic (exact) mass is 502 g/mol. The van der Waals surface area contributed by atoms with Gasteiger partial charge in [-0.2, -0.15) is 0 Å². The standard InChI is InChI=1S/C34H34N2O2/c1-36(2)24-23-34(37,30-20-12-18-25-13-10-11-19-28(25)30)32(27-16-8-5-9-17-27)29-21-22-31(35-33(29)38-3)26-14-6-4-7-15-26/h4-22,32,37H,23-24H2,1-3H3/t32-,34-/m1/s1. The average molecular weight is 503 g/mol. The minimum Gasteiger partial charge on any atom is -0.481 e. The summed E-state index contributed by atoms with van der Waals surface area (Å²) in [6, 6.07) is 38.9. The second-order valence-electron chi connectivity index (χ2n) is 10.0. The molecule has 4 heteroatoms. The Balaban J connectivity index is 1.76. The molecule has 0 aliphatic heterocycles. The molecule has 5 aromatic rings. The van der Waals surface area contributed by atoms with Crippen molar-refractivity contribution >= 4 is 10.8 Å². The third kappa shape index (κ3) is 5.06. The number of methoxy groups -OCH3 is 1. The molecule has 0 fully saturated rings. The lowest BCUT2D eigenvalue weighted by molar-refractivity contribution is 0.00516. The molecule has 38 heavy (non-hydrogen) atoms. The van der Waals surface area contributed by atoms with Crippen LogP contribution >= 0.6 is 0 Å². The highest BCUT2D eigenvalue weighted by Crippen LogP contribution is 2.48. The Bertz CT molecular complexity index is 1500. The summed E-state index contributed by atoms with van der Waals surface area (Å²) in [5.74, 6) is 0.102. The van der Waals surface area contributed by atoms with E-state index in [0.717, 1.165) is 38.7 Å². The third-order valence-corrected chi connectivity index (χ3v) is 7.27. The molecule has 0 amide bonds. The van der Waals surface area contributed by atoms with Crippen LogP contribution in [0, 0.1) is 0 Å². The number of fused-ring (bicyclic) bond motifs is 1. The molecule has 0 bridgehead atoms. The maximum absolute atomic E-state index is 13.0. The molecular formula is C34H34N2O2. The van der Waals surface area contributed by atoms with Crippen LogP contribution in [-0.2, 0) is 5.60 Å². The van der Waals surface area contributed by atoms with Crippen LogP contribution in [0.25, 0.3) is 22.0 Å². The lowest BCUT2D eigenvalue weighted by Crippen LogP contribution is -2.38. The second kappa shape index (κ2) is 11.2. The van der Waals surface area contributed by atoms with Crippen LogP contribution in [0.2, 0.25) is 0 Å². The maximum Gasteiger partial charge on any atom is 0.217 e. The number of hydrogen-bond acceptors (Lipinski definition) is 4. The number of benzene rings is 4. The zero-order chi connectivity index (χ0) is 26.5. The quantitative estimate of drug-likeness (QED) is 0.239. The number of ether oxygens (including phenoxy) is 1. The van der Waals surface area contributed by atoms with Crippen LogP contribution in [-0.4, -0.2) is 42.7 Å². The molecule has 1 heterocycles. The minimum atomic E-state index is -1.24. The van der Waals surface area contributed by atoms with Crippen molar-refractivity contribution < 1.29 is 9.84 Å². The number of nitrogens with zero attached hydrogens (tertiary/aromatic N) is 2. The Morgan fingerprint density at radius 3 is 2.16 bits per heavy atom. The van der Waals surface area contributed by atoms with Crippen LogP contribution in [0.1, 0.15) is 29.0 Å². The maximum atomic E-state index is 13.0. The Kier molecular flexibility index (Phi) is 7.54. The minimum absolute atomic E-state index is 0.415. The molecular weight excluding hydrogens is 468 g/mol. The molecule has 0 saturated carbocycles. The van der Waals surface area contributed by atoms with Crippen molar-refractivity contribution in [3.05, 3.63) is 132 Å². The molecule has 4 aromatic carbocycles. The van der Waals surface area contributed by atoms with E-state index >= 15 is 0 Å². The molecule has 5 rings (SSSR count). The van der Waals surface area contributed by atoms with Crippen molar-refractivity contribution in [1.82, 2.24) is 9.88 Å². The van der Waals surface area contributed by atoms with Crippen molar-refractivity contribution in [2.45, 2.75) is 17.9 Å². The van der Waals surface area contributed by atoms with E-state index in [1.165, 1.54) is 0 Å². The predicted molar refractivity (Wildman–Crippen MR) is 156 cm³/mol. The molecule has 0 saturated heterocycles. The Labute approximate surface area is 225 Å². The zero-order valence-electron chi connectivity index (χ0n) is 22.2. The van der Waals surface area contributed by atoms with Gasteiger partial charge in [0.25, 0.3) is 0 Å². The highest BCUT2D eigenvalue weighted by molar-refractivity contribution is 5.86. The molecule has 0 aliphatic carbocycles. The molecule has 1 aromatic heterocycles. The summed E-state index contributed by atoms with van der Waals surface area (Å²) in [4.78, 5) is 7.05. The fourth-order valence-electron chi connectivity index (χ4n) is 5.39. The fourth-order valence-corrected chi connectivity index (χ4v) is 5.39. The number of pyridine rings is 1. The summed E-state index contributed by atoms with van der Waals surface area (Å²) in [5.41, 5.74) is 3.38. The molecule has 0 spiro atoms. The highest BCUT2D eigenvalue weighted by atomic mass is 16.5. The van der Waals surface area contributed by atoms with Crippen molar-refractivity contribution in [2.24, 2.45) is 0 Å². The van der Waals surface area contributed by atoms with Gasteiger partial charge in [0.1, 0.15) is 5.60 Å². The van der Waals surface area contributed by atoms with Crippen molar-refractivity contribution in [2.75, 3.05) is 27.7 Å². The molecule has 0 unspecified atom stereocenters. The van der Waals surface area contributed by atoms with Crippen molar-refractivity contribution in [3.8, 4) is 17.1 Å². The van der Waals surface area contributed by atoms with E-state index in [2.05, 4.69) is 47.4 Å². The number of aliphatic hydroxyl groups is 1. The van der Waals surface area contributed by atoms with Crippen LogP contribution < -0.4 is 4.74 Å². The molecule has 0 aliphatic rings. The topological polar surface area (TPSA) is 45.6 Å². The van der Waals surface area contributed by atoms with Gasteiger partial charge in [-0.1, -0.05) is 109 Å². The second-order valence-corrected chi connectivity index (χ2v) is 10.0. The first-order valence-corrected chi connectivity index (χ1v) is 13.0. The van der Waals surface area contributed by atoms with Gasteiger partial charge in [0.15, 0.2) is 0 Å². The van der Waals surface area contributed by atoms with Crippen LogP contribution in [0.5, 0.6) is 5.88 Å². The van der Waals surface area contributed by atoms with Gasteiger partial charge in [-0.15, -0.1) is 0 Å². The zero-order valence-corrected chi connectivity index (χ0v) is 22.2. The van der Waals surface area contributed by atoms with Gasteiger partial charge in [-0.3, -0.25) is 0 Å². The van der Waals surface area contributed by atoms with E-state index in [9.17, 15) is 5.11 Å². The first kappa shape index (κ1) is 25.7. The van der Waals surface area contributed by atoms with Crippen LogP contribution in [0.4, 0.5) is 0 Å². The van der Waals surface area contributed by atoms with Gasteiger partial charge >= 0.3 is 0 Å². The summed E-state index contributed by atoms with van der Waals surface area (Å²) >= 11 is 0. The average Bonchev–Trinajstić information content (AvgIpc) is 2.97. The summed E-state index contributed by atoms with van der Waals surface area (Å²) in [6.45, 7) is 0.709. The van der Waals surface area contributed by atoms with Gasteiger partial charge in [0, 0.05) is 23.6 Å². The summed E-state index contributed by atoms with van der Waals surface area (Å²) < 4.78 is 5.92. The molecule has 2 atom stereocenters. The SMILES string of the molecule is COc1nc(-c2ccccc2)ccc1[C@@H](c1ccccc1)[C@@](O)(CCN(C)C)c1cccc2ccccc12. The lowest BCUT2D eigenvalue weighted by Gasteiger charge is -2.39. The van der Waals surface area contributed by atoms with Gasteiger partial charge < -0.3 is 14.7 Å². The van der Waals surface area contributed by atoms with Crippen LogP contribution in [0.15, 0.2) is 115 Å². The van der Waals surface area contributed by atoms with Crippen molar-refractivity contribution in [1.29, 1.82) is 0 Å². The van der Waals surface area contributed by atoms with Gasteiger partial charge in [0.2, 0.25) is 5.88 Å². The third-order valence-electron chi connectivity index (χ3n) is 7.27. The smallest absolute Gasteiger partial charge is 0.217 e. The molecule has 0 radical (unpaired) electrons. The largest absolute Gasteiger partial charge is 0.481 e. The molecule has 1 N–H and O–H groups in total. The van der Waals surface area contributed by atoms with Gasteiger partial charge in [-0.05, 0) is 48.5 Å². The fraction of sp³-hybridized carbons (Fsp3) is 0.206. The predicted octanol–water partition coefficient (Wildman–Crippen LogP) is 6.88. The normalized spacial score (nSPS) is 13.8. The number of rotatable bonds is 9. The highest BCUT2D eigenvalue weighted by Gasteiger charge is 2.43. The van der Waals surface area contributed by atoms with E-state index in [0.29, 0.717) is 18.8 Å². The van der Waals surface area contributed by atoms with E-state index in [4.69, 9.17) is 9.72 Å². The first-order chi connectivity index (χ1) is 18.5. The molecule has 4 nitrogen and oxygen atoms in total. The first-order valence-electron chi connectivity index (χ1n) is 13.0. The Morgan fingerprint density at radius 1 is 0.789 bits per heavy atom. The molecule has 192 valence electrons. The Hall–Kier alpha value is -3.99. The van der Waals surface area contributed by atoms with Crippen molar-refractivity contribution in [3.63, 3.8) is 0 Å². The van der Waals surface area contributed by atoms with Gasteiger partial charge in [0.05, 0.1) is 12.8 Å². The van der Waals surface area contributed by atoms with E-state index in [1.807, 2.05) is 86.9 Å².